The van der Waals surface area contributed by atoms with E-state index in [0.29, 0.717) is 11.0 Å². The van der Waals surface area contributed by atoms with Gasteiger partial charge in [-0.2, -0.15) is 0 Å². The van der Waals surface area contributed by atoms with Gasteiger partial charge in [0.05, 0.1) is 12.8 Å². The molecule has 0 saturated carbocycles. The molecule has 2 N–H and O–H groups in total. The molecule has 1 atom stereocenters. The van der Waals surface area contributed by atoms with E-state index in [4.69, 9.17) is 10.5 Å². The third-order valence-electron chi connectivity index (χ3n) is 3.62. The third kappa shape index (κ3) is 1.97. The number of aromatic nitrogens is 1. The van der Waals surface area contributed by atoms with Gasteiger partial charge in [-0.25, -0.2) is 4.98 Å². The van der Waals surface area contributed by atoms with Crippen molar-refractivity contribution in [2.45, 2.75) is 25.2 Å². The first-order valence-electron chi connectivity index (χ1n) is 6.13. The van der Waals surface area contributed by atoms with Crippen LogP contribution in [-0.2, 0) is 12.8 Å². The van der Waals surface area contributed by atoms with Gasteiger partial charge in [-0.15, -0.1) is 11.3 Å². The number of hydrogen-bond acceptors (Lipinski definition) is 4. The molecule has 0 aliphatic heterocycles. The summed E-state index contributed by atoms with van der Waals surface area (Å²) in [5, 5.41) is 2.76. The van der Waals surface area contributed by atoms with E-state index < -0.39 is 0 Å². The van der Waals surface area contributed by atoms with E-state index in [-0.39, 0.29) is 0 Å². The van der Waals surface area contributed by atoms with E-state index in [2.05, 4.69) is 22.5 Å². The van der Waals surface area contributed by atoms with Crippen LogP contribution in [0.3, 0.4) is 0 Å². The van der Waals surface area contributed by atoms with Gasteiger partial charge in [-0.1, -0.05) is 12.1 Å². The number of nitrogens with zero attached hydrogens (tertiary/aromatic N) is 1. The summed E-state index contributed by atoms with van der Waals surface area (Å²) >= 11 is 1.53. The number of fused-ring (bicyclic) bond motifs is 1. The minimum atomic E-state index is 0.498. The lowest BCUT2D eigenvalue weighted by Crippen LogP contribution is -2.14. The van der Waals surface area contributed by atoms with Crippen LogP contribution in [0, 0.1) is 0 Å². The van der Waals surface area contributed by atoms with Crippen LogP contribution < -0.4 is 10.5 Å². The van der Waals surface area contributed by atoms with Crippen LogP contribution in [0.25, 0.3) is 0 Å². The Morgan fingerprint density at radius 3 is 3.06 bits per heavy atom. The van der Waals surface area contributed by atoms with E-state index in [9.17, 15) is 0 Å². The molecule has 1 heterocycles. The van der Waals surface area contributed by atoms with E-state index in [0.717, 1.165) is 30.7 Å². The summed E-state index contributed by atoms with van der Waals surface area (Å²) in [6.07, 6.45) is 3.22. The van der Waals surface area contributed by atoms with Crippen molar-refractivity contribution in [3.63, 3.8) is 0 Å². The molecule has 3 nitrogen and oxygen atoms in total. The average molecular weight is 260 g/mol. The summed E-state index contributed by atoms with van der Waals surface area (Å²) in [5.74, 6) is 1.52. The van der Waals surface area contributed by atoms with Gasteiger partial charge in [0, 0.05) is 11.3 Å². The van der Waals surface area contributed by atoms with Crippen molar-refractivity contribution in [1.29, 1.82) is 0 Å². The monoisotopic (exact) mass is 260 g/mol. The predicted molar refractivity (Wildman–Crippen MR) is 74.3 cm³/mol. The van der Waals surface area contributed by atoms with Crippen molar-refractivity contribution < 1.29 is 4.74 Å². The number of nitrogens with two attached hydrogens (primary N) is 1. The van der Waals surface area contributed by atoms with Crippen molar-refractivity contribution in [1.82, 2.24) is 4.98 Å². The first kappa shape index (κ1) is 11.5. The molecule has 0 saturated heterocycles. The van der Waals surface area contributed by atoms with E-state index in [1.165, 1.54) is 22.5 Å². The molecular weight excluding hydrogens is 244 g/mol. The Balaban J connectivity index is 1.89. The summed E-state index contributed by atoms with van der Waals surface area (Å²) in [6.45, 7) is 0. The van der Waals surface area contributed by atoms with Gasteiger partial charge in [0.1, 0.15) is 5.75 Å². The Labute approximate surface area is 111 Å². The van der Waals surface area contributed by atoms with Gasteiger partial charge in [-0.05, 0) is 36.5 Å². The Kier molecular flexibility index (Phi) is 2.96. The Hall–Kier alpha value is -1.55. The number of hydrogen-bond donors (Lipinski definition) is 1. The summed E-state index contributed by atoms with van der Waals surface area (Å²) in [7, 11) is 1.74. The quantitative estimate of drug-likeness (QED) is 0.903. The molecule has 1 aliphatic carbocycles. The highest BCUT2D eigenvalue weighted by Crippen LogP contribution is 2.37. The van der Waals surface area contributed by atoms with Gasteiger partial charge in [-0.3, -0.25) is 0 Å². The first-order chi connectivity index (χ1) is 8.78. The molecule has 4 heteroatoms. The molecule has 2 aromatic rings. The topological polar surface area (TPSA) is 48.1 Å². The van der Waals surface area contributed by atoms with Gasteiger partial charge in [0.15, 0.2) is 5.13 Å². The number of thiazole rings is 1. The van der Waals surface area contributed by atoms with Crippen molar-refractivity contribution in [3.05, 3.63) is 40.4 Å². The molecular formula is C14H16N2OS. The highest BCUT2D eigenvalue weighted by atomic mass is 32.1. The van der Waals surface area contributed by atoms with Gasteiger partial charge in [0.25, 0.3) is 0 Å². The summed E-state index contributed by atoms with van der Waals surface area (Å²) in [4.78, 5) is 4.41. The highest BCUT2D eigenvalue weighted by Gasteiger charge is 2.23. The van der Waals surface area contributed by atoms with E-state index >= 15 is 0 Å². The standard InChI is InChI=1S/C14H16N2OS/c1-17-13-4-2-3-9-7-10(5-6-11(9)13)12-8-18-14(15)16-12/h2-4,8,10H,5-7H2,1H3,(H2,15,16). The highest BCUT2D eigenvalue weighted by molar-refractivity contribution is 7.13. The third-order valence-corrected chi connectivity index (χ3v) is 4.31. The van der Waals surface area contributed by atoms with Gasteiger partial charge in [0.2, 0.25) is 0 Å². The Morgan fingerprint density at radius 2 is 2.33 bits per heavy atom. The Morgan fingerprint density at radius 1 is 1.44 bits per heavy atom. The van der Waals surface area contributed by atoms with Crippen molar-refractivity contribution >= 4 is 16.5 Å². The summed E-state index contributed by atoms with van der Waals surface area (Å²) in [6, 6.07) is 6.30. The maximum Gasteiger partial charge on any atom is 0.180 e. The molecule has 1 aromatic carbocycles. The molecule has 0 amide bonds. The average Bonchev–Trinajstić information content (AvgIpc) is 2.84. The molecule has 0 spiro atoms. The SMILES string of the molecule is COc1cccc2c1CCC(c1csc(N)n1)C2. The normalized spacial score (nSPS) is 18.4. The minimum absolute atomic E-state index is 0.498. The Bertz CT molecular complexity index is 565. The zero-order chi connectivity index (χ0) is 12.5. The van der Waals surface area contributed by atoms with Crippen LogP contribution in [0.1, 0.15) is 29.2 Å². The van der Waals surface area contributed by atoms with Crippen molar-refractivity contribution in [2.75, 3.05) is 12.8 Å². The molecule has 1 unspecified atom stereocenters. The molecule has 1 aliphatic rings. The molecule has 0 fully saturated rings. The molecule has 0 radical (unpaired) electrons. The molecule has 94 valence electrons. The predicted octanol–water partition coefficient (Wildman–Crippen LogP) is 3.01. The van der Waals surface area contributed by atoms with Crippen LogP contribution in [0.4, 0.5) is 5.13 Å². The molecule has 18 heavy (non-hydrogen) atoms. The second-order valence-corrected chi connectivity index (χ2v) is 5.54. The van der Waals surface area contributed by atoms with Gasteiger partial charge < -0.3 is 10.5 Å². The largest absolute Gasteiger partial charge is 0.496 e. The second kappa shape index (κ2) is 4.61. The smallest absolute Gasteiger partial charge is 0.180 e. The van der Waals surface area contributed by atoms with E-state index in [1.54, 1.807) is 7.11 Å². The number of nitrogen functional groups attached to an aromatic ring is 1. The van der Waals surface area contributed by atoms with Crippen LogP contribution >= 0.6 is 11.3 Å². The lowest BCUT2D eigenvalue weighted by molar-refractivity contribution is 0.404. The maximum atomic E-state index is 5.71. The fraction of sp³-hybridized carbons (Fsp3) is 0.357. The fourth-order valence-electron chi connectivity index (χ4n) is 2.70. The first-order valence-corrected chi connectivity index (χ1v) is 7.01. The maximum absolute atomic E-state index is 5.71. The van der Waals surface area contributed by atoms with Crippen LogP contribution in [0.5, 0.6) is 5.75 Å². The van der Waals surface area contributed by atoms with Crippen LogP contribution in [0.15, 0.2) is 23.6 Å². The lowest BCUT2D eigenvalue weighted by atomic mass is 9.82. The number of benzene rings is 1. The zero-order valence-corrected chi connectivity index (χ0v) is 11.2. The number of methoxy groups -OCH3 is 1. The fourth-order valence-corrected chi connectivity index (χ4v) is 3.35. The second-order valence-electron chi connectivity index (χ2n) is 4.65. The summed E-state index contributed by atoms with van der Waals surface area (Å²) in [5.41, 5.74) is 9.60. The molecule has 1 aromatic heterocycles. The minimum Gasteiger partial charge on any atom is -0.496 e. The van der Waals surface area contributed by atoms with Crippen LogP contribution in [-0.4, -0.2) is 12.1 Å². The lowest BCUT2D eigenvalue weighted by Gasteiger charge is -2.24. The van der Waals surface area contributed by atoms with E-state index in [1.807, 2.05) is 6.07 Å². The van der Waals surface area contributed by atoms with Gasteiger partial charge >= 0.3 is 0 Å². The molecule has 3 rings (SSSR count). The van der Waals surface area contributed by atoms with Crippen LogP contribution in [0.2, 0.25) is 0 Å². The van der Waals surface area contributed by atoms with Crippen molar-refractivity contribution in [3.8, 4) is 5.75 Å². The number of rotatable bonds is 2. The number of anilines is 1. The number of ether oxygens (including phenoxy) is 1. The summed E-state index contributed by atoms with van der Waals surface area (Å²) < 4.78 is 5.42. The zero-order valence-electron chi connectivity index (χ0n) is 10.3. The van der Waals surface area contributed by atoms with Crippen molar-refractivity contribution in [2.24, 2.45) is 0 Å². The molecule has 0 bridgehead atoms.